The quantitative estimate of drug-likeness (QED) is 0.730. The van der Waals surface area contributed by atoms with Crippen LogP contribution >= 0.6 is 12.2 Å². The molecular formula is C11H15N3O2S2. The molecule has 1 atom stereocenters. The number of hydrogen-bond donors (Lipinski definition) is 2. The molecule has 0 aromatic carbocycles. The minimum atomic E-state index is -0.878. The van der Waals surface area contributed by atoms with Crippen LogP contribution in [0, 0.1) is 0 Å². The van der Waals surface area contributed by atoms with Crippen LogP contribution in [0.4, 0.5) is 0 Å². The zero-order chi connectivity index (χ0) is 13.5. The fourth-order valence-corrected chi connectivity index (χ4v) is 1.93. The number of rotatable bonds is 6. The van der Waals surface area contributed by atoms with E-state index in [0.717, 1.165) is 0 Å². The maximum absolute atomic E-state index is 11.7. The molecule has 0 aliphatic rings. The number of amides is 1. The summed E-state index contributed by atoms with van der Waals surface area (Å²) in [5.74, 6) is 0.752. The van der Waals surface area contributed by atoms with Crippen LogP contribution in [-0.4, -0.2) is 38.1 Å². The number of nitrogens with zero attached hydrogens (tertiary/aromatic N) is 1. The number of hydrogen-bond acceptors (Lipinski definition) is 4. The molecule has 3 N–H and O–H groups in total. The van der Waals surface area contributed by atoms with Crippen molar-refractivity contribution in [2.24, 2.45) is 5.73 Å². The summed E-state index contributed by atoms with van der Waals surface area (Å²) in [5.41, 5.74) is 6.33. The highest BCUT2D eigenvalue weighted by atomic mass is 32.2. The van der Waals surface area contributed by atoms with Crippen molar-refractivity contribution < 1.29 is 9.00 Å². The van der Waals surface area contributed by atoms with Crippen LogP contribution in [-0.2, 0) is 10.8 Å². The first kappa shape index (κ1) is 14.7. The van der Waals surface area contributed by atoms with E-state index in [1.807, 2.05) is 6.92 Å². The van der Waals surface area contributed by atoms with E-state index in [2.05, 4.69) is 10.3 Å². The lowest BCUT2D eigenvalue weighted by atomic mass is 10.2. The Morgan fingerprint density at radius 2 is 2.28 bits per heavy atom. The number of carbonyl (C=O) groups excluding carboxylic acids is 1. The normalized spacial score (nSPS) is 11.8. The predicted molar refractivity (Wildman–Crippen MR) is 76.0 cm³/mol. The van der Waals surface area contributed by atoms with Gasteiger partial charge in [0.05, 0.1) is 0 Å². The monoisotopic (exact) mass is 285 g/mol. The van der Waals surface area contributed by atoms with Gasteiger partial charge in [0.1, 0.15) is 10.7 Å². The fraction of sp³-hybridized carbons (Fsp3) is 0.364. The van der Waals surface area contributed by atoms with Crippen molar-refractivity contribution in [1.82, 2.24) is 10.3 Å². The van der Waals surface area contributed by atoms with E-state index in [1.54, 1.807) is 12.1 Å². The predicted octanol–water partition coefficient (Wildman–Crippen LogP) is 0.214. The number of carbonyl (C=O) groups is 1. The first-order chi connectivity index (χ1) is 8.54. The van der Waals surface area contributed by atoms with Crippen LogP contribution in [0.15, 0.2) is 18.3 Å². The third-order valence-electron chi connectivity index (χ3n) is 2.22. The van der Waals surface area contributed by atoms with Gasteiger partial charge in [-0.15, -0.1) is 0 Å². The molecular weight excluding hydrogens is 270 g/mol. The summed E-state index contributed by atoms with van der Waals surface area (Å²) >= 11 is 4.79. The Labute approximate surface area is 114 Å². The second-order valence-electron chi connectivity index (χ2n) is 3.48. The molecule has 1 unspecified atom stereocenters. The minimum Gasteiger partial charge on any atom is -0.389 e. The first-order valence-corrected chi connectivity index (χ1v) is 7.33. The van der Waals surface area contributed by atoms with E-state index in [9.17, 15) is 9.00 Å². The van der Waals surface area contributed by atoms with Crippen LogP contribution in [0.5, 0.6) is 0 Å². The Morgan fingerprint density at radius 3 is 2.78 bits per heavy atom. The van der Waals surface area contributed by atoms with Gasteiger partial charge in [0, 0.05) is 40.6 Å². The van der Waals surface area contributed by atoms with Crippen LogP contribution in [0.1, 0.15) is 23.0 Å². The summed E-state index contributed by atoms with van der Waals surface area (Å²) in [7, 11) is -0.878. The molecule has 0 bridgehead atoms. The van der Waals surface area contributed by atoms with E-state index < -0.39 is 10.8 Å². The molecule has 7 heteroatoms. The fourth-order valence-electron chi connectivity index (χ4n) is 1.19. The molecule has 0 fully saturated rings. The third-order valence-corrected chi connectivity index (χ3v) is 3.76. The van der Waals surface area contributed by atoms with E-state index in [-0.39, 0.29) is 16.6 Å². The molecule has 18 heavy (non-hydrogen) atoms. The molecule has 1 aromatic rings. The van der Waals surface area contributed by atoms with Gasteiger partial charge in [0.25, 0.3) is 5.91 Å². The van der Waals surface area contributed by atoms with Crippen molar-refractivity contribution in [3.63, 3.8) is 0 Å². The lowest BCUT2D eigenvalue weighted by Gasteiger charge is -2.04. The van der Waals surface area contributed by atoms with Gasteiger partial charge in [-0.05, 0) is 12.1 Å². The molecule has 0 radical (unpaired) electrons. The highest BCUT2D eigenvalue weighted by Gasteiger charge is 2.07. The van der Waals surface area contributed by atoms with E-state index in [1.165, 1.54) is 6.20 Å². The Balaban J connectivity index is 2.51. The molecule has 0 aliphatic heterocycles. The summed E-state index contributed by atoms with van der Waals surface area (Å²) in [6.07, 6.45) is 1.46. The molecule has 1 aromatic heterocycles. The lowest BCUT2D eigenvalue weighted by molar-refractivity contribution is 0.0951. The van der Waals surface area contributed by atoms with E-state index in [4.69, 9.17) is 18.0 Å². The summed E-state index contributed by atoms with van der Waals surface area (Å²) in [6.45, 7) is 2.21. The number of aromatic nitrogens is 1. The molecule has 5 nitrogen and oxygen atoms in total. The van der Waals surface area contributed by atoms with Gasteiger partial charge in [-0.2, -0.15) is 0 Å². The van der Waals surface area contributed by atoms with Gasteiger partial charge in [0.15, 0.2) is 0 Å². The molecule has 0 saturated carbocycles. The molecule has 0 aliphatic carbocycles. The highest BCUT2D eigenvalue weighted by molar-refractivity contribution is 7.84. The van der Waals surface area contributed by atoms with Crippen molar-refractivity contribution in [3.05, 3.63) is 29.6 Å². The zero-order valence-corrected chi connectivity index (χ0v) is 11.6. The van der Waals surface area contributed by atoms with Gasteiger partial charge < -0.3 is 11.1 Å². The second kappa shape index (κ2) is 7.17. The lowest BCUT2D eigenvalue weighted by Crippen LogP contribution is -2.28. The maximum Gasteiger partial charge on any atom is 0.269 e. The molecule has 1 heterocycles. The second-order valence-corrected chi connectivity index (χ2v) is 5.79. The molecule has 1 amide bonds. The Kier molecular flexibility index (Phi) is 5.87. The van der Waals surface area contributed by atoms with Gasteiger partial charge >= 0.3 is 0 Å². The number of nitrogens with two attached hydrogens (primary N) is 1. The van der Waals surface area contributed by atoms with Gasteiger partial charge in [0.2, 0.25) is 0 Å². The average molecular weight is 285 g/mol. The van der Waals surface area contributed by atoms with Gasteiger partial charge in [-0.1, -0.05) is 19.1 Å². The molecule has 0 spiro atoms. The van der Waals surface area contributed by atoms with Crippen LogP contribution in [0.3, 0.4) is 0 Å². The van der Waals surface area contributed by atoms with Gasteiger partial charge in [-0.3, -0.25) is 14.0 Å². The molecule has 98 valence electrons. The van der Waals surface area contributed by atoms with Crippen molar-refractivity contribution in [2.75, 3.05) is 18.1 Å². The van der Waals surface area contributed by atoms with E-state index in [0.29, 0.717) is 23.6 Å². The Morgan fingerprint density at radius 1 is 1.56 bits per heavy atom. The first-order valence-electron chi connectivity index (χ1n) is 5.43. The molecule has 1 rings (SSSR count). The number of pyridine rings is 1. The van der Waals surface area contributed by atoms with Crippen LogP contribution in [0.2, 0.25) is 0 Å². The minimum absolute atomic E-state index is 0.243. The third kappa shape index (κ3) is 4.50. The van der Waals surface area contributed by atoms with Crippen molar-refractivity contribution in [1.29, 1.82) is 0 Å². The largest absolute Gasteiger partial charge is 0.389 e. The summed E-state index contributed by atoms with van der Waals surface area (Å²) < 4.78 is 11.2. The average Bonchev–Trinajstić information content (AvgIpc) is 2.38. The van der Waals surface area contributed by atoms with Gasteiger partial charge in [-0.25, -0.2) is 0 Å². The van der Waals surface area contributed by atoms with E-state index >= 15 is 0 Å². The number of thiocarbonyl (C=S) groups is 1. The van der Waals surface area contributed by atoms with Crippen molar-refractivity contribution >= 4 is 33.9 Å². The number of nitrogens with one attached hydrogen (secondary N) is 1. The zero-order valence-electron chi connectivity index (χ0n) is 10.0. The SMILES string of the molecule is CCS(=O)CCNC(=O)c1ccc(C(N)=S)cn1. The van der Waals surface area contributed by atoms with Crippen LogP contribution < -0.4 is 11.1 Å². The maximum atomic E-state index is 11.7. The molecule has 0 saturated heterocycles. The standard InChI is InChI=1S/C11H15N3O2S2/c1-2-18(16)6-5-13-11(15)9-4-3-8(7-14-9)10(12)17/h3-4,7H,2,5-6H2,1H3,(H2,12,17)(H,13,15). The Bertz CT molecular complexity index is 460. The van der Waals surface area contributed by atoms with Crippen molar-refractivity contribution in [3.8, 4) is 0 Å². The van der Waals surface area contributed by atoms with Crippen LogP contribution in [0.25, 0.3) is 0 Å². The summed E-state index contributed by atoms with van der Waals surface area (Å²) in [4.78, 5) is 15.9. The summed E-state index contributed by atoms with van der Waals surface area (Å²) in [5, 5.41) is 2.65. The smallest absolute Gasteiger partial charge is 0.269 e. The highest BCUT2D eigenvalue weighted by Crippen LogP contribution is 2.00. The summed E-state index contributed by atoms with van der Waals surface area (Å²) in [6, 6.07) is 3.20. The Hall–Kier alpha value is -1.34. The van der Waals surface area contributed by atoms with Crippen molar-refractivity contribution in [2.45, 2.75) is 6.92 Å². The topological polar surface area (TPSA) is 85.1 Å².